The van der Waals surface area contributed by atoms with Crippen molar-refractivity contribution in [2.75, 3.05) is 0 Å². The second kappa shape index (κ2) is 16.9. The van der Waals surface area contributed by atoms with Gasteiger partial charge < -0.3 is 31.5 Å². The molecule has 8 heteroatoms. The molecule has 2 aliphatic heterocycles. The van der Waals surface area contributed by atoms with E-state index in [0.29, 0.717) is 49.6 Å². The molecule has 0 saturated heterocycles. The minimum absolute atomic E-state index is 0.117. The number of hydrogen-bond acceptors (Lipinski definition) is 6. The van der Waals surface area contributed by atoms with Crippen LogP contribution in [0.2, 0.25) is 0 Å². The van der Waals surface area contributed by atoms with E-state index in [0.717, 1.165) is 40.9 Å². The smallest absolute Gasteiger partial charge is 0.237 e. The number of hydrogen-bond donors (Lipinski definition) is 6. The van der Waals surface area contributed by atoms with Crippen LogP contribution in [-0.4, -0.2) is 46.2 Å². The van der Waals surface area contributed by atoms with Crippen molar-refractivity contribution in [3.05, 3.63) is 58.7 Å². The predicted molar refractivity (Wildman–Crippen MR) is 199 cm³/mol. The summed E-state index contributed by atoms with van der Waals surface area (Å²) < 4.78 is 0. The van der Waals surface area contributed by atoms with Crippen LogP contribution in [0.1, 0.15) is 120 Å². The average Bonchev–Trinajstić information content (AvgIpc) is 3.83. The summed E-state index contributed by atoms with van der Waals surface area (Å²) in [5, 5.41) is 32.6. The Balaban J connectivity index is 0.000000173. The van der Waals surface area contributed by atoms with Gasteiger partial charge in [-0.05, 0) is 115 Å². The van der Waals surface area contributed by atoms with Gasteiger partial charge in [-0.15, -0.1) is 0 Å². The first-order valence-electron chi connectivity index (χ1n) is 19.8. The van der Waals surface area contributed by atoms with Crippen molar-refractivity contribution in [3.63, 3.8) is 0 Å². The number of aromatic hydroxyl groups is 2. The Morgan fingerprint density at radius 2 is 1.22 bits per heavy atom. The Labute approximate surface area is 300 Å². The number of phenolic OH excluding ortho intramolecular Hbond substituents is 2. The summed E-state index contributed by atoms with van der Waals surface area (Å²) in [5.74, 6) is 4.45. The first-order chi connectivity index (χ1) is 24.1. The maximum atomic E-state index is 12.9. The number of phenols is 2. The molecule has 0 spiro atoms. The molecule has 3 fully saturated rings. The van der Waals surface area contributed by atoms with Gasteiger partial charge in [0, 0.05) is 25.2 Å². The maximum absolute atomic E-state index is 12.9. The molecule has 0 bridgehead atoms. The number of fused-ring (bicyclic) bond motifs is 2. The topological polar surface area (TPSA) is 123 Å². The Kier molecular flexibility index (Phi) is 12.4. The zero-order chi connectivity index (χ0) is 35.2. The van der Waals surface area contributed by atoms with Crippen LogP contribution >= 0.6 is 0 Å². The number of carbonyl (C=O) groups is 2. The number of benzene rings is 2. The van der Waals surface area contributed by atoms with E-state index in [-0.39, 0.29) is 35.7 Å². The largest absolute Gasteiger partial charge is 0.508 e. The summed E-state index contributed by atoms with van der Waals surface area (Å²) in [6.07, 6.45) is 16.9. The number of rotatable bonds is 10. The molecule has 3 saturated carbocycles. The van der Waals surface area contributed by atoms with E-state index in [1.54, 1.807) is 24.3 Å². The summed E-state index contributed by atoms with van der Waals surface area (Å²) in [6.45, 7) is 8.06. The molecular weight excluding hydrogens is 624 g/mol. The monoisotopic (exact) mass is 686 g/mol. The molecule has 8 nitrogen and oxygen atoms in total. The molecule has 5 aliphatic rings. The molecule has 2 aromatic rings. The Hall–Kier alpha value is -3.10. The van der Waals surface area contributed by atoms with Gasteiger partial charge in [-0.1, -0.05) is 84.3 Å². The molecule has 3 aliphatic carbocycles. The van der Waals surface area contributed by atoms with E-state index in [1.807, 2.05) is 12.1 Å². The van der Waals surface area contributed by atoms with Gasteiger partial charge >= 0.3 is 0 Å². The van der Waals surface area contributed by atoms with Crippen LogP contribution < -0.4 is 21.3 Å². The Bertz CT molecular complexity index is 1440. The Morgan fingerprint density at radius 1 is 0.700 bits per heavy atom. The zero-order valence-corrected chi connectivity index (χ0v) is 30.7. The lowest BCUT2D eigenvalue weighted by molar-refractivity contribution is -0.125. The van der Waals surface area contributed by atoms with Crippen LogP contribution in [0.15, 0.2) is 36.4 Å². The molecule has 2 aromatic carbocycles. The molecule has 4 atom stereocenters. The lowest BCUT2D eigenvalue weighted by Gasteiger charge is -2.33. The highest BCUT2D eigenvalue weighted by Gasteiger charge is 2.36. The van der Waals surface area contributed by atoms with Gasteiger partial charge in [0.05, 0.1) is 12.1 Å². The zero-order valence-electron chi connectivity index (χ0n) is 30.7. The van der Waals surface area contributed by atoms with Crippen molar-refractivity contribution < 1.29 is 19.8 Å². The Morgan fingerprint density at radius 3 is 1.74 bits per heavy atom. The van der Waals surface area contributed by atoms with Crippen LogP contribution in [0.4, 0.5) is 0 Å². The van der Waals surface area contributed by atoms with Crippen LogP contribution in [-0.2, 0) is 35.5 Å². The minimum Gasteiger partial charge on any atom is -0.508 e. The third kappa shape index (κ3) is 10.0. The third-order valence-corrected chi connectivity index (χ3v) is 12.4. The minimum atomic E-state index is -0.181. The number of carbonyl (C=O) groups excluding carboxylic acids is 2. The van der Waals surface area contributed by atoms with Crippen LogP contribution in [0.25, 0.3) is 0 Å². The van der Waals surface area contributed by atoms with Gasteiger partial charge in [0.1, 0.15) is 11.5 Å². The molecule has 7 rings (SSSR count). The molecule has 2 heterocycles. The van der Waals surface area contributed by atoms with Crippen molar-refractivity contribution in [1.82, 2.24) is 21.3 Å². The molecule has 2 amide bonds. The fourth-order valence-electron chi connectivity index (χ4n) is 8.83. The summed E-state index contributed by atoms with van der Waals surface area (Å²) in [5.41, 5.74) is 4.52. The predicted octanol–water partition coefficient (Wildman–Crippen LogP) is 6.65. The van der Waals surface area contributed by atoms with E-state index < -0.39 is 0 Å². The summed E-state index contributed by atoms with van der Waals surface area (Å²) in [6, 6.07) is 11.2. The standard InChI is InChI=1S/C22H34N2O2.C20H28N2O2/c1-14(2)20(10-16-6-4-15(3)5-7-16)24-22(26)21-12-17-8-9-19(25)11-18(17)13-23-21;23-17-8-7-15-11-19(21-12-16(15)10-17)20(24)22-18(14-5-6-14)9-13-3-1-2-4-13/h8-9,11,14-16,20-21,23,25H,4-7,10,12-13H2,1-3H3,(H,24,26);7-8,10,13-14,18-19,21,23H,1-6,9,11-12H2,(H,22,24)/t15?,16?,20-,21-;18-,19-/m11/s1. The lowest BCUT2D eigenvalue weighted by Crippen LogP contribution is -2.52. The quantitative estimate of drug-likeness (QED) is 0.167. The summed E-state index contributed by atoms with van der Waals surface area (Å²) in [7, 11) is 0. The number of amides is 2. The van der Waals surface area contributed by atoms with E-state index in [9.17, 15) is 19.8 Å². The first kappa shape index (κ1) is 36.7. The van der Waals surface area contributed by atoms with Gasteiger partial charge in [0.2, 0.25) is 11.8 Å². The van der Waals surface area contributed by atoms with Crippen LogP contribution in [0, 0.1) is 29.6 Å². The molecule has 50 heavy (non-hydrogen) atoms. The highest BCUT2D eigenvalue weighted by Crippen LogP contribution is 2.39. The van der Waals surface area contributed by atoms with Crippen LogP contribution in [0.5, 0.6) is 11.5 Å². The van der Waals surface area contributed by atoms with Gasteiger partial charge in [-0.25, -0.2) is 0 Å². The fourth-order valence-corrected chi connectivity index (χ4v) is 8.83. The van der Waals surface area contributed by atoms with E-state index >= 15 is 0 Å². The highest BCUT2D eigenvalue weighted by molar-refractivity contribution is 5.83. The van der Waals surface area contributed by atoms with E-state index in [2.05, 4.69) is 42.0 Å². The molecule has 0 radical (unpaired) electrons. The summed E-state index contributed by atoms with van der Waals surface area (Å²) >= 11 is 0. The summed E-state index contributed by atoms with van der Waals surface area (Å²) in [4.78, 5) is 25.6. The molecule has 0 unspecified atom stereocenters. The van der Waals surface area contributed by atoms with Gasteiger partial charge in [-0.3, -0.25) is 9.59 Å². The van der Waals surface area contributed by atoms with Gasteiger partial charge in [0.25, 0.3) is 0 Å². The molecular formula is C42H62N4O4. The maximum Gasteiger partial charge on any atom is 0.237 e. The third-order valence-electron chi connectivity index (χ3n) is 12.4. The van der Waals surface area contributed by atoms with Crippen molar-refractivity contribution in [2.24, 2.45) is 29.6 Å². The highest BCUT2D eigenvalue weighted by atomic mass is 16.3. The second-order valence-electron chi connectivity index (χ2n) is 16.7. The van der Waals surface area contributed by atoms with E-state index in [4.69, 9.17) is 0 Å². The van der Waals surface area contributed by atoms with Crippen molar-refractivity contribution >= 4 is 11.8 Å². The van der Waals surface area contributed by atoms with Crippen molar-refractivity contribution in [2.45, 2.75) is 148 Å². The normalized spacial score (nSPS) is 26.2. The molecule has 6 N–H and O–H groups in total. The molecule has 0 aromatic heterocycles. The SMILES string of the molecule is CC1CCC(C[C@@H](NC(=O)[C@H]2Cc3ccc(O)cc3CN2)C(C)C)CC1.O=C(N[C@H](CC1CCCC1)C1CC1)[C@H]1Cc2ccc(O)cc2CN1. The second-order valence-corrected chi connectivity index (χ2v) is 16.7. The van der Waals surface area contributed by atoms with Crippen molar-refractivity contribution in [1.29, 1.82) is 0 Å². The number of nitrogens with one attached hydrogen (secondary N) is 4. The first-order valence-corrected chi connectivity index (χ1v) is 19.8. The van der Waals surface area contributed by atoms with Crippen LogP contribution in [0.3, 0.4) is 0 Å². The fraction of sp³-hybridized carbons (Fsp3) is 0.667. The average molecular weight is 687 g/mol. The van der Waals surface area contributed by atoms with Gasteiger partial charge in [-0.2, -0.15) is 0 Å². The lowest BCUT2D eigenvalue weighted by atomic mass is 9.78. The van der Waals surface area contributed by atoms with Crippen molar-refractivity contribution in [3.8, 4) is 11.5 Å². The van der Waals surface area contributed by atoms with Gasteiger partial charge in [0.15, 0.2) is 0 Å². The van der Waals surface area contributed by atoms with E-state index in [1.165, 1.54) is 76.2 Å². The molecule has 274 valence electrons.